The molecule has 1 aromatic heterocycles. The molecule has 3 rings (SSSR count). The molecule has 2 fully saturated rings. The average Bonchev–Trinajstić information content (AvgIpc) is 3.31. The molecule has 26 heavy (non-hydrogen) atoms. The van der Waals surface area contributed by atoms with Crippen molar-refractivity contribution in [1.29, 1.82) is 0 Å². The molecule has 3 heterocycles. The van der Waals surface area contributed by atoms with Crippen LogP contribution in [0.1, 0.15) is 36.6 Å². The fourth-order valence-corrected chi connectivity index (χ4v) is 4.98. The van der Waals surface area contributed by atoms with Crippen molar-refractivity contribution in [3.63, 3.8) is 0 Å². The molecule has 0 amide bonds. The third-order valence-corrected chi connectivity index (χ3v) is 6.50. The Morgan fingerprint density at radius 1 is 1.31 bits per heavy atom. The fraction of sp³-hybridized carbons (Fsp3) is 0.737. The summed E-state index contributed by atoms with van der Waals surface area (Å²) in [6, 6.07) is 5.45. The summed E-state index contributed by atoms with van der Waals surface area (Å²) in [4.78, 5) is 13.4. The number of likely N-dealkylation sites (tertiary alicyclic amines) is 2. The van der Waals surface area contributed by atoms with E-state index >= 15 is 0 Å². The second-order valence-electron chi connectivity index (χ2n) is 7.41. The number of piperidine rings is 1. The Kier molecular flexibility index (Phi) is 9.12. The maximum atomic E-state index is 4.56. The van der Waals surface area contributed by atoms with E-state index in [0.29, 0.717) is 12.1 Å². The van der Waals surface area contributed by atoms with Crippen molar-refractivity contribution in [1.82, 2.24) is 20.0 Å². The third-order valence-electron chi connectivity index (χ3n) is 5.53. The number of nitrogens with zero attached hydrogens (tertiary/aromatic N) is 4. The topological polar surface area (TPSA) is 34.1 Å². The Balaban J connectivity index is 0.00000243. The minimum absolute atomic E-state index is 0. The van der Waals surface area contributed by atoms with Gasteiger partial charge in [0.1, 0.15) is 0 Å². The van der Waals surface area contributed by atoms with Crippen LogP contribution in [0.25, 0.3) is 0 Å². The van der Waals surface area contributed by atoms with Gasteiger partial charge in [-0.2, -0.15) is 0 Å². The molecule has 2 unspecified atom stereocenters. The molecule has 1 aromatic rings. The molecule has 0 aliphatic carbocycles. The van der Waals surface area contributed by atoms with E-state index in [1.807, 2.05) is 18.4 Å². The van der Waals surface area contributed by atoms with Crippen molar-refractivity contribution in [2.24, 2.45) is 4.99 Å². The maximum Gasteiger partial charge on any atom is 0.193 e. The first-order valence-corrected chi connectivity index (χ1v) is 10.5. The quantitative estimate of drug-likeness (QED) is 0.390. The standard InChI is InChI=1S/C19H33N5S.HI/c1-20-19(21-14-17(22(2)3)18-8-7-13-25-18)24-12-9-16(15-24)23-10-5-4-6-11-23;/h7-8,13,16-17H,4-6,9-12,14-15H2,1-3H3,(H,20,21);1H. The van der Waals surface area contributed by atoms with Gasteiger partial charge in [-0.15, -0.1) is 35.3 Å². The van der Waals surface area contributed by atoms with Crippen molar-refractivity contribution in [3.8, 4) is 0 Å². The average molecular weight is 491 g/mol. The summed E-state index contributed by atoms with van der Waals surface area (Å²) in [6.07, 6.45) is 5.41. The van der Waals surface area contributed by atoms with Crippen LogP contribution < -0.4 is 5.32 Å². The van der Waals surface area contributed by atoms with Gasteiger partial charge in [0.25, 0.3) is 0 Å². The molecular formula is C19H34IN5S. The van der Waals surface area contributed by atoms with Gasteiger partial charge in [0.05, 0.1) is 6.04 Å². The van der Waals surface area contributed by atoms with Crippen LogP contribution in [-0.4, -0.2) is 80.6 Å². The van der Waals surface area contributed by atoms with Crippen LogP contribution in [0.5, 0.6) is 0 Å². The summed E-state index contributed by atoms with van der Waals surface area (Å²) in [5.74, 6) is 1.06. The molecule has 2 aliphatic rings. The minimum atomic E-state index is 0. The lowest BCUT2D eigenvalue weighted by Crippen LogP contribution is -2.46. The zero-order valence-electron chi connectivity index (χ0n) is 16.4. The molecule has 5 nitrogen and oxygen atoms in total. The highest BCUT2D eigenvalue weighted by Crippen LogP contribution is 2.23. The predicted octanol–water partition coefficient (Wildman–Crippen LogP) is 3.10. The molecule has 2 aliphatic heterocycles. The molecule has 0 radical (unpaired) electrons. The number of halogens is 1. The Morgan fingerprint density at radius 2 is 2.08 bits per heavy atom. The van der Waals surface area contributed by atoms with Crippen molar-refractivity contribution in [3.05, 3.63) is 22.4 Å². The molecule has 2 saturated heterocycles. The smallest absolute Gasteiger partial charge is 0.193 e. The highest BCUT2D eigenvalue weighted by molar-refractivity contribution is 14.0. The molecule has 0 aromatic carbocycles. The molecule has 2 atom stereocenters. The van der Waals surface area contributed by atoms with E-state index in [9.17, 15) is 0 Å². The predicted molar refractivity (Wildman–Crippen MR) is 123 cm³/mol. The number of guanidine groups is 1. The number of likely N-dealkylation sites (N-methyl/N-ethyl adjacent to an activating group) is 1. The number of rotatable bonds is 5. The van der Waals surface area contributed by atoms with Gasteiger partial charge >= 0.3 is 0 Å². The first-order valence-electron chi connectivity index (χ1n) is 9.58. The largest absolute Gasteiger partial charge is 0.354 e. The number of hydrogen-bond acceptors (Lipinski definition) is 4. The number of thiophene rings is 1. The van der Waals surface area contributed by atoms with Crippen LogP contribution in [0, 0.1) is 0 Å². The van der Waals surface area contributed by atoms with E-state index in [1.54, 1.807) is 0 Å². The molecule has 0 bridgehead atoms. The number of aliphatic imine (C=N–C) groups is 1. The van der Waals surface area contributed by atoms with Crippen LogP contribution in [-0.2, 0) is 0 Å². The first-order chi connectivity index (χ1) is 12.2. The SMILES string of the molecule is CN=C(NCC(c1cccs1)N(C)C)N1CCC(N2CCCCC2)C1.I. The summed E-state index contributed by atoms with van der Waals surface area (Å²) in [6.45, 7) is 5.69. The van der Waals surface area contributed by atoms with E-state index in [1.165, 1.54) is 43.6 Å². The highest BCUT2D eigenvalue weighted by atomic mass is 127. The summed E-state index contributed by atoms with van der Waals surface area (Å²) >= 11 is 1.83. The van der Waals surface area contributed by atoms with Gasteiger partial charge in [-0.1, -0.05) is 12.5 Å². The summed E-state index contributed by atoms with van der Waals surface area (Å²) in [5.41, 5.74) is 0. The normalized spacial score (nSPS) is 23.2. The summed E-state index contributed by atoms with van der Waals surface area (Å²) < 4.78 is 0. The Labute approximate surface area is 179 Å². The van der Waals surface area contributed by atoms with Crippen molar-refractivity contribution < 1.29 is 0 Å². The highest BCUT2D eigenvalue weighted by Gasteiger charge is 2.30. The van der Waals surface area contributed by atoms with Gasteiger partial charge in [0, 0.05) is 37.6 Å². The fourth-order valence-electron chi connectivity index (χ4n) is 4.05. The number of nitrogens with one attached hydrogen (secondary N) is 1. The third kappa shape index (κ3) is 5.56. The molecule has 0 spiro atoms. The van der Waals surface area contributed by atoms with Gasteiger partial charge in [0.15, 0.2) is 5.96 Å². The van der Waals surface area contributed by atoms with Crippen LogP contribution in [0.15, 0.2) is 22.5 Å². The van der Waals surface area contributed by atoms with Gasteiger partial charge in [-0.25, -0.2) is 0 Å². The Morgan fingerprint density at radius 3 is 2.69 bits per heavy atom. The van der Waals surface area contributed by atoms with Gasteiger partial charge in [-0.3, -0.25) is 9.89 Å². The minimum Gasteiger partial charge on any atom is -0.354 e. The van der Waals surface area contributed by atoms with E-state index in [-0.39, 0.29) is 24.0 Å². The lowest BCUT2D eigenvalue weighted by atomic mass is 10.1. The van der Waals surface area contributed by atoms with E-state index in [2.05, 4.69) is 56.6 Å². The molecule has 1 N–H and O–H groups in total. The van der Waals surface area contributed by atoms with Gasteiger partial charge in [0.2, 0.25) is 0 Å². The molecule has 7 heteroatoms. The van der Waals surface area contributed by atoms with E-state index < -0.39 is 0 Å². The second kappa shape index (κ2) is 10.8. The van der Waals surface area contributed by atoms with Gasteiger partial charge < -0.3 is 15.1 Å². The number of hydrogen-bond donors (Lipinski definition) is 1. The molecular weight excluding hydrogens is 457 g/mol. The van der Waals surface area contributed by atoms with E-state index in [0.717, 1.165) is 25.6 Å². The lowest BCUT2D eigenvalue weighted by Gasteiger charge is -2.32. The van der Waals surface area contributed by atoms with E-state index in [4.69, 9.17) is 0 Å². The molecule has 148 valence electrons. The van der Waals surface area contributed by atoms with Crippen LogP contribution in [0.3, 0.4) is 0 Å². The van der Waals surface area contributed by atoms with Crippen molar-refractivity contribution in [2.45, 2.75) is 37.8 Å². The van der Waals surface area contributed by atoms with Crippen molar-refractivity contribution in [2.75, 3.05) is 53.9 Å². The Hall–Kier alpha value is -0.380. The van der Waals surface area contributed by atoms with Crippen LogP contribution in [0.4, 0.5) is 0 Å². The monoisotopic (exact) mass is 491 g/mol. The summed E-state index contributed by atoms with van der Waals surface area (Å²) in [7, 11) is 6.21. The van der Waals surface area contributed by atoms with Crippen molar-refractivity contribution >= 4 is 41.3 Å². The maximum absolute atomic E-state index is 4.56. The lowest BCUT2D eigenvalue weighted by molar-refractivity contribution is 0.168. The zero-order chi connectivity index (χ0) is 17.6. The van der Waals surface area contributed by atoms with Gasteiger partial charge in [-0.05, 0) is 57.9 Å². The second-order valence-corrected chi connectivity index (χ2v) is 8.39. The first kappa shape index (κ1) is 21.9. The summed E-state index contributed by atoms with van der Waals surface area (Å²) in [5, 5.41) is 5.78. The molecule has 0 saturated carbocycles. The zero-order valence-corrected chi connectivity index (χ0v) is 19.5. The van der Waals surface area contributed by atoms with Crippen LogP contribution in [0.2, 0.25) is 0 Å². The van der Waals surface area contributed by atoms with Crippen LogP contribution >= 0.6 is 35.3 Å². The Bertz CT molecular complexity index is 542.